The predicted molar refractivity (Wildman–Crippen MR) is 72.7 cm³/mol. The molecule has 0 atom stereocenters. The maximum Gasteiger partial charge on any atom is 0.289 e. The van der Waals surface area contributed by atoms with E-state index in [1.807, 2.05) is 0 Å². The molecule has 0 N–H and O–H groups in total. The summed E-state index contributed by atoms with van der Waals surface area (Å²) in [6.45, 7) is 8.13. The largest absolute Gasteiger partial charge is 0.339 e. The average Bonchev–Trinajstić information content (AvgIpc) is 2.25. The van der Waals surface area contributed by atoms with Crippen LogP contribution in [0, 0.1) is 20.8 Å². The Hall–Kier alpha value is -1.64. The number of carbonyl (C=O) groups excluding carboxylic acids is 2. The molecular weight excluding hydrogens is 226 g/mol. The first-order valence-corrected chi connectivity index (χ1v) is 6.15. The first-order chi connectivity index (χ1) is 8.32. The molecule has 0 saturated carbocycles. The second-order valence-electron chi connectivity index (χ2n) is 4.91. The van der Waals surface area contributed by atoms with Gasteiger partial charge in [0, 0.05) is 20.5 Å². The van der Waals surface area contributed by atoms with Gasteiger partial charge < -0.3 is 4.90 Å². The van der Waals surface area contributed by atoms with Crippen LogP contribution in [-0.2, 0) is 16.0 Å². The molecule has 0 aliphatic rings. The van der Waals surface area contributed by atoms with E-state index in [-0.39, 0.29) is 0 Å². The van der Waals surface area contributed by atoms with Gasteiger partial charge in [0.2, 0.25) is 5.78 Å². The first kappa shape index (κ1) is 14.4. The summed E-state index contributed by atoms with van der Waals surface area (Å²) in [5.74, 6) is -0.827. The van der Waals surface area contributed by atoms with Gasteiger partial charge in [-0.3, -0.25) is 9.59 Å². The van der Waals surface area contributed by atoms with E-state index in [9.17, 15) is 9.59 Å². The van der Waals surface area contributed by atoms with E-state index < -0.39 is 11.7 Å². The number of aryl methyl sites for hydroxylation is 3. The molecule has 98 valence electrons. The highest BCUT2D eigenvalue weighted by Gasteiger charge is 2.14. The van der Waals surface area contributed by atoms with Gasteiger partial charge in [-0.2, -0.15) is 0 Å². The number of likely N-dealkylation sites (N-methyl/N-ethyl adjacent to an activating group) is 1. The molecule has 0 heterocycles. The Balaban J connectivity index is 2.75. The Morgan fingerprint density at radius 1 is 1.11 bits per heavy atom. The predicted octanol–water partition coefficient (Wildman–Crippen LogP) is 2.20. The lowest BCUT2D eigenvalue weighted by Gasteiger charge is -2.17. The van der Waals surface area contributed by atoms with Gasteiger partial charge in [0.05, 0.1) is 0 Å². The number of carbonyl (C=O) groups is 2. The summed E-state index contributed by atoms with van der Waals surface area (Å²) in [6, 6.07) is 4.30. The third-order valence-electron chi connectivity index (χ3n) is 3.19. The van der Waals surface area contributed by atoms with E-state index in [4.69, 9.17) is 0 Å². The van der Waals surface area contributed by atoms with Crippen molar-refractivity contribution in [3.05, 3.63) is 34.4 Å². The third kappa shape index (κ3) is 3.42. The second-order valence-corrected chi connectivity index (χ2v) is 4.91. The highest BCUT2D eigenvalue weighted by atomic mass is 16.2. The highest BCUT2D eigenvalue weighted by molar-refractivity contribution is 6.34. The molecule has 0 saturated heterocycles. The van der Waals surface area contributed by atoms with Crippen molar-refractivity contribution in [2.75, 3.05) is 13.6 Å². The minimum Gasteiger partial charge on any atom is -0.339 e. The van der Waals surface area contributed by atoms with Crippen molar-refractivity contribution in [2.24, 2.45) is 0 Å². The van der Waals surface area contributed by atoms with Crippen molar-refractivity contribution in [1.29, 1.82) is 0 Å². The summed E-state index contributed by atoms with van der Waals surface area (Å²) in [7, 11) is 1.67. The maximum atomic E-state index is 11.5. The smallest absolute Gasteiger partial charge is 0.289 e. The molecule has 0 unspecified atom stereocenters. The Labute approximate surface area is 109 Å². The minimum absolute atomic E-state index is 0.408. The van der Waals surface area contributed by atoms with Crippen LogP contribution in [0.1, 0.15) is 29.2 Å². The fraction of sp³-hybridized carbons (Fsp3) is 0.467. The molecule has 3 heteroatoms. The fourth-order valence-electron chi connectivity index (χ4n) is 2.25. The van der Waals surface area contributed by atoms with Crippen LogP contribution in [0.15, 0.2) is 12.1 Å². The lowest BCUT2D eigenvalue weighted by atomic mass is 9.97. The van der Waals surface area contributed by atoms with Crippen LogP contribution in [-0.4, -0.2) is 30.2 Å². The molecule has 0 aliphatic heterocycles. The number of rotatable bonds is 4. The van der Waals surface area contributed by atoms with Crippen LogP contribution in [0.2, 0.25) is 0 Å². The van der Waals surface area contributed by atoms with E-state index in [0.29, 0.717) is 6.54 Å². The maximum absolute atomic E-state index is 11.5. The standard InChI is InChI=1S/C15H21NO2/c1-10-8-11(2)14(12(3)9-10)6-7-16(5)15(18)13(4)17/h8-9H,6-7H2,1-5H3. The molecule has 0 aromatic heterocycles. The van der Waals surface area contributed by atoms with Crippen LogP contribution in [0.3, 0.4) is 0 Å². The van der Waals surface area contributed by atoms with E-state index in [1.165, 1.54) is 34.1 Å². The van der Waals surface area contributed by atoms with Crippen LogP contribution in [0.4, 0.5) is 0 Å². The molecule has 0 fully saturated rings. The highest BCUT2D eigenvalue weighted by Crippen LogP contribution is 2.17. The Morgan fingerprint density at radius 2 is 1.61 bits per heavy atom. The lowest BCUT2D eigenvalue weighted by Crippen LogP contribution is -2.33. The van der Waals surface area contributed by atoms with Gasteiger partial charge in [-0.1, -0.05) is 17.7 Å². The number of amides is 1. The van der Waals surface area contributed by atoms with E-state index in [1.54, 1.807) is 7.05 Å². The van der Waals surface area contributed by atoms with Gasteiger partial charge in [0.25, 0.3) is 5.91 Å². The second kappa shape index (κ2) is 5.80. The molecule has 1 aromatic carbocycles. The van der Waals surface area contributed by atoms with Crippen molar-refractivity contribution >= 4 is 11.7 Å². The summed E-state index contributed by atoms with van der Waals surface area (Å²) in [4.78, 5) is 23.9. The monoisotopic (exact) mass is 247 g/mol. The zero-order valence-corrected chi connectivity index (χ0v) is 11.8. The van der Waals surface area contributed by atoms with Gasteiger partial charge in [-0.05, 0) is 43.9 Å². The van der Waals surface area contributed by atoms with Gasteiger partial charge in [-0.15, -0.1) is 0 Å². The summed E-state index contributed by atoms with van der Waals surface area (Å²) >= 11 is 0. The van der Waals surface area contributed by atoms with Crippen LogP contribution in [0.5, 0.6) is 0 Å². The number of hydrogen-bond donors (Lipinski definition) is 0. The zero-order valence-electron chi connectivity index (χ0n) is 11.8. The molecule has 18 heavy (non-hydrogen) atoms. The van der Waals surface area contributed by atoms with Crippen molar-refractivity contribution in [1.82, 2.24) is 4.90 Å². The Bertz CT molecular complexity index is 454. The average molecular weight is 247 g/mol. The van der Waals surface area contributed by atoms with E-state index in [2.05, 4.69) is 32.9 Å². The lowest BCUT2D eigenvalue weighted by molar-refractivity contribution is -0.142. The molecule has 3 nitrogen and oxygen atoms in total. The first-order valence-electron chi connectivity index (χ1n) is 6.15. The van der Waals surface area contributed by atoms with Gasteiger partial charge in [0.1, 0.15) is 0 Å². The quantitative estimate of drug-likeness (QED) is 0.765. The molecule has 0 aliphatic carbocycles. The normalized spacial score (nSPS) is 10.3. The number of Topliss-reactive ketones (excluding diaryl/α,β-unsaturated/α-hetero) is 1. The molecule has 1 rings (SSSR count). The number of hydrogen-bond acceptors (Lipinski definition) is 2. The topological polar surface area (TPSA) is 37.4 Å². The number of ketones is 1. The molecule has 1 amide bonds. The Kier molecular flexibility index (Phi) is 4.65. The zero-order chi connectivity index (χ0) is 13.9. The number of benzene rings is 1. The van der Waals surface area contributed by atoms with E-state index >= 15 is 0 Å². The van der Waals surface area contributed by atoms with Crippen LogP contribution < -0.4 is 0 Å². The molecule has 0 bridgehead atoms. The number of nitrogens with zero attached hydrogens (tertiary/aromatic N) is 1. The summed E-state index contributed by atoms with van der Waals surface area (Å²) in [5.41, 5.74) is 5.01. The fourth-order valence-corrected chi connectivity index (χ4v) is 2.25. The third-order valence-corrected chi connectivity index (χ3v) is 3.19. The Morgan fingerprint density at radius 3 is 2.06 bits per heavy atom. The van der Waals surface area contributed by atoms with Gasteiger partial charge in [0.15, 0.2) is 0 Å². The van der Waals surface area contributed by atoms with Gasteiger partial charge in [-0.25, -0.2) is 0 Å². The van der Waals surface area contributed by atoms with Crippen molar-refractivity contribution in [3.8, 4) is 0 Å². The summed E-state index contributed by atoms with van der Waals surface area (Å²) in [6.07, 6.45) is 0.785. The van der Waals surface area contributed by atoms with Crippen molar-refractivity contribution < 1.29 is 9.59 Å². The van der Waals surface area contributed by atoms with Crippen molar-refractivity contribution in [2.45, 2.75) is 34.1 Å². The van der Waals surface area contributed by atoms with E-state index in [0.717, 1.165) is 6.42 Å². The minimum atomic E-state index is -0.419. The molecular formula is C15H21NO2. The SMILES string of the molecule is CC(=O)C(=O)N(C)CCc1c(C)cc(C)cc1C. The summed E-state index contributed by atoms with van der Waals surface area (Å²) in [5, 5.41) is 0. The molecule has 0 radical (unpaired) electrons. The summed E-state index contributed by atoms with van der Waals surface area (Å²) < 4.78 is 0. The van der Waals surface area contributed by atoms with Crippen molar-refractivity contribution in [3.63, 3.8) is 0 Å². The van der Waals surface area contributed by atoms with Crippen LogP contribution >= 0.6 is 0 Å². The molecule has 0 spiro atoms. The molecule has 1 aromatic rings. The van der Waals surface area contributed by atoms with Gasteiger partial charge >= 0.3 is 0 Å². The van der Waals surface area contributed by atoms with Crippen LogP contribution in [0.25, 0.3) is 0 Å².